The second-order valence-electron chi connectivity index (χ2n) is 22.4. The van der Waals surface area contributed by atoms with Crippen LogP contribution >= 0.6 is 0 Å². The molecule has 0 heterocycles. The van der Waals surface area contributed by atoms with Gasteiger partial charge in [-0.3, -0.25) is 14.4 Å². The summed E-state index contributed by atoms with van der Waals surface area (Å²) in [6.45, 7) is 6.55. The molecule has 0 aliphatic heterocycles. The first-order chi connectivity index (χ1) is 38.0. The number of unbranched alkanes of at least 4 members (excludes halogenated alkanes) is 38. The van der Waals surface area contributed by atoms with E-state index in [0.29, 0.717) is 19.3 Å². The molecule has 0 fully saturated rings. The van der Waals surface area contributed by atoms with E-state index in [1.165, 1.54) is 193 Å². The van der Waals surface area contributed by atoms with Crippen LogP contribution in [0.1, 0.15) is 342 Å². The van der Waals surface area contributed by atoms with Gasteiger partial charge in [0.25, 0.3) is 0 Å². The fourth-order valence-corrected chi connectivity index (χ4v) is 9.70. The van der Waals surface area contributed by atoms with Crippen LogP contribution in [0.25, 0.3) is 0 Å². The first-order valence-electron chi connectivity index (χ1n) is 33.4. The Kier molecular flexibility index (Phi) is 62.7. The standard InChI is InChI=1S/C71H126O6/c1-4-7-10-13-16-19-22-25-28-31-32-33-34-35-36-37-38-39-40-41-44-46-49-52-55-58-61-64-70(73)76-67-68(77-71(74)65-62-59-56-53-50-47-43-30-27-24-21-18-15-12-9-6-3)66-75-69(72)63-60-57-54-51-48-45-42-29-26-23-20-17-14-11-8-5-2/h7,10,16,19,21,24-25,28,30,32-33,43,68H,4-6,8-9,11-15,17-18,20,22-23,26-27,29,31,34-42,44-67H2,1-3H3/b10-7-,19-16-,24-21-,28-25-,33-32-,43-30-. The minimum Gasteiger partial charge on any atom is -0.462 e. The summed E-state index contributed by atoms with van der Waals surface area (Å²) in [4.78, 5) is 38.4. The first kappa shape index (κ1) is 73.8. The van der Waals surface area contributed by atoms with Gasteiger partial charge in [0.2, 0.25) is 0 Å². The molecule has 0 saturated carbocycles. The molecule has 6 nitrogen and oxygen atoms in total. The van der Waals surface area contributed by atoms with E-state index in [9.17, 15) is 14.4 Å². The Morgan fingerprint density at radius 2 is 0.506 bits per heavy atom. The van der Waals surface area contributed by atoms with Crippen molar-refractivity contribution in [3.05, 3.63) is 72.9 Å². The average molecular weight is 1080 g/mol. The summed E-state index contributed by atoms with van der Waals surface area (Å²) in [6.07, 6.45) is 84.8. The smallest absolute Gasteiger partial charge is 0.306 e. The lowest BCUT2D eigenvalue weighted by Gasteiger charge is -2.18. The summed E-state index contributed by atoms with van der Waals surface area (Å²) in [7, 11) is 0. The second kappa shape index (κ2) is 65.4. The number of allylic oxidation sites excluding steroid dienone is 12. The van der Waals surface area contributed by atoms with Gasteiger partial charge in [0.15, 0.2) is 6.10 Å². The van der Waals surface area contributed by atoms with Crippen LogP contribution in [-0.4, -0.2) is 37.2 Å². The fourth-order valence-electron chi connectivity index (χ4n) is 9.70. The molecule has 1 atom stereocenters. The van der Waals surface area contributed by atoms with Crippen molar-refractivity contribution >= 4 is 17.9 Å². The van der Waals surface area contributed by atoms with Gasteiger partial charge in [0, 0.05) is 19.3 Å². The minimum atomic E-state index is -0.782. The SMILES string of the molecule is CC/C=C\C/C=C\C/C=C\C/C=C\CCCCCCCCCCCCCCCCC(=O)OCC(COC(=O)CCCCCCCCCCCCCCCCCC)OC(=O)CCCCCCC/C=C\C/C=C\CCCCCC. The van der Waals surface area contributed by atoms with Crippen LogP contribution in [0.5, 0.6) is 0 Å². The second-order valence-corrected chi connectivity index (χ2v) is 22.4. The van der Waals surface area contributed by atoms with Crippen molar-refractivity contribution < 1.29 is 28.6 Å². The molecule has 0 aromatic heterocycles. The number of rotatable bonds is 61. The van der Waals surface area contributed by atoms with Crippen molar-refractivity contribution in [1.82, 2.24) is 0 Å². The van der Waals surface area contributed by atoms with Crippen LogP contribution in [0.15, 0.2) is 72.9 Å². The maximum atomic E-state index is 12.9. The molecule has 0 bridgehead atoms. The predicted octanol–water partition coefficient (Wildman–Crippen LogP) is 22.9. The zero-order valence-corrected chi connectivity index (χ0v) is 51.2. The van der Waals surface area contributed by atoms with Gasteiger partial charge in [-0.15, -0.1) is 0 Å². The van der Waals surface area contributed by atoms with Gasteiger partial charge in [-0.1, -0.05) is 306 Å². The molecule has 6 heteroatoms. The number of carbonyl (C=O) groups is 3. The van der Waals surface area contributed by atoms with Crippen molar-refractivity contribution in [1.29, 1.82) is 0 Å². The molecule has 0 aliphatic rings. The molecule has 1 unspecified atom stereocenters. The summed E-state index contributed by atoms with van der Waals surface area (Å²) < 4.78 is 17.0. The Morgan fingerprint density at radius 3 is 0.805 bits per heavy atom. The highest BCUT2D eigenvalue weighted by molar-refractivity contribution is 5.71. The summed E-state index contributed by atoms with van der Waals surface area (Å²) in [5.74, 6) is -0.871. The third-order valence-electron chi connectivity index (χ3n) is 14.7. The zero-order chi connectivity index (χ0) is 55.7. The van der Waals surface area contributed by atoms with E-state index >= 15 is 0 Å². The monoisotopic (exact) mass is 1070 g/mol. The molecule has 77 heavy (non-hydrogen) atoms. The van der Waals surface area contributed by atoms with Gasteiger partial charge < -0.3 is 14.2 Å². The lowest BCUT2D eigenvalue weighted by molar-refractivity contribution is -0.167. The minimum absolute atomic E-state index is 0.0766. The molecule has 0 aromatic rings. The van der Waals surface area contributed by atoms with E-state index in [-0.39, 0.29) is 31.1 Å². The van der Waals surface area contributed by atoms with E-state index in [1.807, 2.05) is 0 Å². The Hall–Kier alpha value is -3.15. The van der Waals surface area contributed by atoms with Gasteiger partial charge in [-0.05, 0) is 89.9 Å². The van der Waals surface area contributed by atoms with Crippen molar-refractivity contribution in [2.24, 2.45) is 0 Å². The molecular formula is C71H126O6. The maximum absolute atomic E-state index is 12.9. The van der Waals surface area contributed by atoms with E-state index in [2.05, 4.69) is 93.7 Å². The molecular weight excluding hydrogens is 949 g/mol. The number of carbonyl (C=O) groups excluding carboxylic acids is 3. The maximum Gasteiger partial charge on any atom is 0.306 e. The molecule has 0 radical (unpaired) electrons. The highest BCUT2D eigenvalue weighted by Gasteiger charge is 2.19. The number of ether oxygens (including phenoxy) is 3. The molecule has 0 amide bonds. The normalized spacial score (nSPS) is 12.5. The lowest BCUT2D eigenvalue weighted by atomic mass is 10.0. The Balaban J connectivity index is 4.28. The van der Waals surface area contributed by atoms with Crippen molar-refractivity contribution in [3.63, 3.8) is 0 Å². The van der Waals surface area contributed by atoms with Crippen LogP contribution < -0.4 is 0 Å². The van der Waals surface area contributed by atoms with Crippen molar-refractivity contribution in [2.45, 2.75) is 348 Å². The molecule has 0 aliphatic carbocycles. The topological polar surface area (TPSA) is 78.9 Å². The first-order valence-corrected chi connectivity index (χ1v) is 33.4. The summed E-state index contributed by atoms with van der Waals surface area (Å²) >= 11 is 0. The van der Waals surface area contributed by atoms with Crippen LogP contribution in [0.2, 0.25) is 0 Å². The van der Waals surface area contributed by atoms with Gasteiger partial charge in [-0.25, -0.2) is 0 Å². The molecule has 0 saturated heterocycles. The molecule has 0 rings (SSSR count). The van der Waals surface area contributed by atoms with E-state index in [4.69, 9.17) is 14.2 Å². The highest BCUT2D eigenvalue weighted by atomic mass is 16.6. The lowest BCUT2D eigenvalue weighted by Crippen LogP contribution is -2.30. The number of hydrogen-bond donors (Lipinski definition) is 0. The van der Waals surface area contributed by atoms with E-state index in [1.54, 1.807) is 0 Å². The number of esters is 3. The summed E-state index contributed by atoms with van der Waals surface area (Å²) in [6, 6.07) is 0. The average Bonchev–Trinajstić information content (AvgIpc) is 3.43. The van der Waals surface area contributed by atoms with Crippen LogP contribution in [0.4, 0.5) is 0 Å². The predicted molar refractivity (Wildman–Crippen MR) is 335 cm³/mol. The zero-order valence-electron chi connectivity index (χ0n) is 51.2. The third-order valence-corrected chi connectivity index (χ3v) is 14.7. The van der Waals surface area contributed by atoms with Gasteiger partial charge in [0.1, 0.15) is 13.2 Å². The summed E-state index contributed by atoms with van der Waals surface area (Å²) in [5, 5.41) is 0. The van der Waals surface area contributed by atoms with E-state index in [0.717, 1.165) is 109 Å². The van der Waals surface area contributed by atoms with Gasteiger partial charge in [0.05, 0.1) is 0 Å². The third kappa shape index (κ3) is 63.6. The Labute approximate surface area is 478 Å². The molecule has 0 aromatic carbocycles. The van der Waals surface area contributed by atoms with Crippen LogP contribution in [0.3, 0.4) is 0 Å². The number of hydrogen-bond acceptors (Lipinski definition) is 6. The molecule has 0 N–H and O–H groups in total. The van der Waals surface area contributed by atoms with Gasteiger partial charge >= 0.3 is 17.9 Å². The van der Waals surface area contributed by atoms with Gasteiger partial charge in [-0.2, -0.15) is 0 Å². The van der Waals surface area contributed by atoms with Crippen molar-refractivity contribution in [3.8, 4) is 0 Å². The largest absolute Gasteiger partial charge is 0.462 e. The highest BCUT2D eigenvalue weighted by Crippen LogP contribution is 2.17. The quantitative estimate of drug-likeness (QED) is 0.0261. The van der Waals surface area contributed by atoms with Crippen LogP contribution in [-0.2, 0) is 28.6 Å². The Bertz CT molecular complexity index is 1420. The van der Waals surface area contributed by atoms with Crippen LogP contribution in [0, 0.1) is 0 Å². The van der Waals surface area contributed by atoms with E-state index < -0.39 is 6.10 Å². The Morgan fingerprint density at radius 1 is 0.273 bits per heavy atom. The summed E-state index contributed by atoms with van der Waals surface area (Å²) in [5.41, 5.74) is 0. The fraction of sp³-hybridized carbons (Fsp3) is 0.789. The molecule has 0 spiro atoms. The van der Waals surface area contributed by atoms with Crippen molar-refractivity contribution in [2.75, 3.05) is 13.2 Å². The molecule has 446 valence electrons.